The van der Waals surface area contributed by atoms with Gasteiger partial charge in [0.05, 0.1) is 0 Å². The molecule has 0 heterocycles. The Bertz CT molecular complexity index is 244. The molecule has 0 unspecified atom stereocenters. The molecule has 4 nitrogen and oxygen atoms in total. The van der Waals surface area contributed by atoms with E-state index < -0.39 is 0 Å². The molecule has 0 saturated heterocycles. The molecule has 0 aromatic carbocycles. The summed E-state index contributed by atoms with van der Waals surface area (Å²) in [5.41, 5.74) is 0.235. The number of nitrogens with one attached hydrogen (secondary N) is 2. The monoisotopic (exact) mass is 256 g/mol. The van der Waals surface area contributed by atoms with Crippen molar-refractivity contribution in [2.75, 3.05) is 40.8 Å². The summed E-state index contributed by atoms with van der Waals surface area (Å²) in [5.74, 6) is 1.63. The van der Waals surface area contributed by atoms with Crippen LogP contribution < -0.4 is 10.6 Å². The van der Waals surface area contributed by atoms with E-state index in [0.717, 1.165) is 31.5 Å². The normalized spacial score (nSPS) is 13.3. The molecule has 18 heavy (non-hydrogen) atoms. The van der Waals surface area contributed by atoms with Crippen LogP contribution in [-0.4, -0.2) is 51.6 Å². The van der Waals surface area contributed by atoms with Crippen molar-refractivity contribution in [2.24, 2.45) is 16.3 Å². The molecule has 0 spiro atoms. The Hall–Kier alpha value is -0.770. The lowest BCUT2D eigenvalue weighted by Gasteiger charge is -2.29. The van der Waals surface area contributed by atoms with Crippen molar-refractivity contribution >= 4 is 5.96 Å². The Morgan fingerprint density at radius 3 is 2.28 bits per heavy atom. The van der Waals surface area contributed by atoms with Gasteiger partial charge in [0.1, 0.15) is 0 Å². The average molecular weight is 256 g/mol. The first kappa shape index (κ1) is 17.2. The third kappa shape index (κ3) is 9.28. The van der Waals surface area contributed by atoms with Crippen molar-refractivity contribution in [3.63, 3.8) is 0 Å². The van der Waals surface area contributed by atoms with E-state index in [9.17, 15) is 0 Å². The van der Waals surface area contributed by atoms with Crippen LogP contribution in [0, 0.1) is 11.3 Å². The Morgan fingerprint density at radius 1 is 1.22 bits per heavy atom. The van der Waals surface area contributed by atoms with Gasteiger partial charge in [0.15, 0.2) is 5.96 Å². The number of hydrogen-bond acceptors (Lipinski definition) is 2. The van der Waals surface area contributed by atoms with Gasteiger partial charge in [-0.2, -0.15) is 0 Å². The summed E-state index contributed by atoms with van der Waals surface area (Å²) in [7, 11) is 6.04. The number of nitrogens with zero attached hydrogens (tertiary/aromatic N) is 2. The van der Waals surface area contributed by atoms with E-state index in [1.807, 2.05) is 7.05 Å². The highest BCUT2D eigenvalue weighted by Gasteiger charge is 2.19. The molecule has 0 saturated carbocycles. The first-order valence-corrected chi connectivity index (χ1v) is 6.86. The Labute approximate surface area is 113 Å². The van der Waals surface area contributed by atoms with E-state index in [4.69, 9.17) is 0 Å². The van der Waals surface area contributed by atoms with Crippen LogP contribution in [0.25, 0.3) is 0 Å². The Morgan fingerprint density at radius 2 is 1.83 bits per heavy atom. The van der Waals surface area contributed by atoms with Gasteiger partial charge in [-0.3, -0.25) is 4.99 Å². The van der Waals surface area contributed by atoms with Crippen molar-refractivity contribution in [2.45, 2.75) is 34.1 Å². The Kier molecular flexibility index (Phi) is 8.00. The maximum atomic E-state index is 4.25. The van der Waals surface area contributed by atoms with Gasteiger partial charge in [0, 0.05) is 26.7 Å². The summed E-state index contributed by atoms with van der Waals surface area (Å²) in [6, 6.07) is 0. The van der Waals surface area contributed by atoms with Crippen molar-refractivity contribution < 1.29 is 0 Å². The molecule has 108 valence electrons. The zero-order valence-corrected chi connectivity index (χ0v) is 13.3. The van der Waals surface area contributed by atoms with Gasteiger partial charge in [-0.05, 0) is 31.8 Å². The first-order chi connectivity index (χ1) is 8.26. The summed E-state index contributed by atoms with van der Waals surface area (Å²) in [6.45, 7) is 12.0. The first-order valence-electron chi connectivity index (χ1n) is 6.86. The predicted octanol–water partition coefficient (Wildman–Crippen LogP) is 1.79. The van der Waals surface area contributed by atoms with Crippen molar-refractivity contribution in [3.05, 3.63) is 0 Å². The summed E-state index contributed by atoms with van der Waals surface area (Å²) in [6.07, 6.45) is 1.17. The molecule has 0 bridgehead atoms. The summed E-state index contributed by atoms with van der Waals surface area (Å²) in [5, 5.41) is 6.75. The topological polar surface area (TPSA) is 39.7 Å². The second-order valence-electron chi connectivity index (χ2n) is 6.44. The molecular formula is C14H32N4. The predicted molar refractivity (Wildman–Crippen MR) is 81.2 cm³/mol. The number of hydrogen-bond donors (Lipinski definition) is 2. The van der Waals surface area contributed by atoms with E-state index in [2.05, 4.69) is 62.3 Å². The third-order valence-corrected chi connectivity index (χ3v) is 2.72. The lowest BCUT2D eigenvalue weighted by atomic mass is 9.93. The van der Waals surface area contributed by atoms with Gasteiger partial charge in [-0.1, -0.05) is 27.7 Å². The van der Waals surface area contributed by atoms with Crippen LogP contribution in [0.1, 0.15) is 34.1 Å². The molecule has 0 aromatic heterocycles. The van der Waals surface area contributed by atoms with E-state index >= 15 is 0 Å². The SMILES string of the molecule is CN=C(NCCC(C)C)NCC(C)(C)CN(C)C. The van der Waals surface area contributed by atoms with Gasteiger partial charge in [0.2, 0.25) is 0 Å². The number of rotatable bonds is 7. The van der Waals surface area contributed by atoms with Gasteiger partial charge >= 0.3 is 0 Å². The smallest absolute Gasteiger partial charge is 0.190 e. The van der Waals surface area contributed by atoms with Gasteiger partial charge in [-0.15, -0.1) is 0 Å². The third-order valence-electron chi connectivity index (χ3n) is 2.72. The lowest BCUT2D eigenvalue weighted by Crippen LogP contribution is -2.45. The largest absolute Gasteiger partial charge is 0.356 e. The van der Waals surface area contributed by atoms with Crippen LogP contribution in [0.5, 0.6) is 0 Å². The number of guanidine groups is 1. The molecule has 0 atom stereocenters. The highest BCUT2D eigenvalue weighted by molar-refractivity contribution is 5.79. The standard InChI is InChI=1S/C14H32N4/c1-12(2)8-9-16-13(15-5)17-10-14(3,4)11-18(6)7/h12H,8-11H2,1-7H3,(H2,15,16,17). The van der Waals surface area contributed by atoms with E-state index in [1.165, 1.54) is 6.42 Å². The van der Waals surface area contributed by atoms with Crippen LogP contribution in [0.4, 0.5) is 0 Å². The molecule has 0 aliphatic carbocycles. The molecular weight excluding hydrogens is 224 g/mol. The quantitative estimate of drug-likeness (QED) is 0.539. The van der Waals surface area contributed by atoms with Crippen LogP contribution in [0.15, 0.2) is 4.99 Å². The molecule has 0 fully saturated rings. The molecule has 0 rings (SSSR count). The van der Waals surface area contributed by atoms with E-state index in [1.54, 1.807) is 0 Å². The summed E-state index contributed by atoms with van der Waals surface area (Å²) >= 11 is 0. The molecule has 2 N–H and O–H groups in total. The zero-order valence-electron chi connectivity index (χ0n) is 13.3. The van der Waals surface area contributed by atoms with Crippen LogP contribution in [0.3, 0.4) is 0 Å². The highest BCUT2D eigenvalue weighted by Crippen LogP contribution is 2.13. The summed E-state index contributed by atoms with van der Waals surface area (Å²) in [4.78, 5) is 6.47. The van der Waals surface area contributed by atoms with E-state index in [-0.39, 0.29) is 5.41 Å². The minimum atomic E-state index is 0.235. The van der Waals surface area contributed by atoms with Crippen molar-refractivity contribution in [3.8, 4) is 0 Å². The van der Waals surface area contributed by atoms with Gasteiger partial charge in [0.25, 0.3) is 0 Å². The van der Waals surface area contributed by atoms with Crippen LogP contribution >= 0.6 is 0 Å². The van der Waals surface area contributed by atoms with Gasteiger partial charge < -0.3 is 15.5 Å². The number of aliphatic imine (C=N–C) groups is 1. The van der Waals surface area contributed by atoms with E-state index in [0.29, 0.717) is 0 Å². The average Bonchev–Trinajstić information content (AvgIpc) is 2.20. The highest BCUT2D eigenvalue weighted by atomic mass is 15.2. The maximum absolute atomic E-state index is 4.25. The molecule has 0 aliphatic heterocycles. The van der Waals surface area contributed by atoms with Crippen molar-refractivity contribution in [1.29, 1.82) is 0 Å². The van der Waals surface area contributed by atoms with Crippen LogP contribution in [0.2, 0.25) is 0 Å². The molecule has 0 aliphatic rings. The molecule has 4 heteroatoms. The van der Waals surface area contributed by atoms with Crippen molar-refractivity contribution in [1.82, 2.24) is 15.5 Å². The minimum Gasteiger partial charge on any atom is -0.356 e. The second-order valence-corrected chi connectivity index (χ2v) is 6.44. The fourth-order valence-corrected chi connectivity index (χ4v) is 1.93. The second kappa shape index (κ2) is 8.35. The molecule has 0 radical (unpaired) electrons. The van der Waals surface area contributed by atoms with Gasteiger partial charge in [-0.25, -0.2) is 0 Å². The molecule has 0 aromatic rings. The zero-order chi connectivity index (χ0) is 14.2. The Balaban J connectivity index is 4.00. The molecule has 0 amide bonds. The maximum Gasteiger partial charge on any atom is 0.190 e. The fourth-order valence-electron chi connectivity index (χ4n) is 1.93. The van der Waals surface area contributed by atoms with Crippen LogP contribution in [-0.2, 0) is 0 Å². The summed E-state index contributed by atoms with van der Waals surface area (Å²) < 4.78 is 0. The lowest BCUT2D eigenvalue weighted by molar-refractivity contribution is 0.241. The fraction of sp³-hybridized carbons (Fsp3) is 0.929. The minimum absolute atomic E-state index is 0.235.